The van der Waals surface area contributed by atoms with Gasteiger partial charge in [0.1, 0.15) is 46.0 Å². The lowest BCUT2D eigenvalue weighted by molar-refractivity contribution is -0.129. The number of carbonyl (C=O) groups is 4. The highest BCUT2D eigenvalue weighted by Gasteiger charge is 2.25. The van der Waals surface area contributed by atoms with Gasteiger partial charge in [-0.1, -0.05) is 126 Å². The van der Waals surface area contributed by atoms with Crippen LogP contribution in [0, 0.1) is 0 Å². The van der Waals surface area contributed by atoms with Crippen LogP contribution < -0.4 is 37.9 Å². The van der Waals surface area contributed by atoms with Gasteiger partial charge in [0.15, 0.2) is 0 Å². The molecular weight excluding hydrogens is 1790 g/mol. The first-order valence-electron chi connectivity index (χ1n) is 50.1. The van der Waals surface area contributed by atoms with Crippen LogP contribution >= 0.6 is 0 Å². The number of ether oxygens (including phenoxy) is 8. The summed E-state index contributed by atoms with van der Waals surface area (Å²) in [7, 11) is 0. The van der Waals surface area contributed by atoms with Gasteiger partial charge in [0.05, 0.1) is 26.4 Å². The second-order valence-electron chi connectivity index (χ2n) is 36.0. The van der Waals surface area contributed by atoms with Gasteiger partial charge in [0, 0.05) is 144 Å². The van der Waals surface area contributed by atoms with Crippen LogP contribution in [0.1, 0.15) is 190 Å². The van der Waals surface area contributed by atoms with Crippen LogP contribution in [-0.2, 0) is 70.5 Å². The molecule has 0 radical (unpaired) electrons. The van der Waals surface area contributed by atoms with E-state index in [2.05, 4.69) is 96.2 Å². The molecule has 728 valence electrons. The number of esters is 4. The van der Waals surface area contributed by atoms with Gasteiger partial charge in [0.2, 0.25) is 0 Å². The lowest BCUT2D eigenvalue weighted by Crippen LogP contribution is -2.10. The zero-order valence-electron chi connectivity index (χ0n) is 82.0. The summed E-state index contributed by atoms with van der Waals surface area (Å²) in [6, 6.07) is 78.3. The molecule has 0 aliphatic heterocycles. The molecule has 0 spiro atoms. The first kappa shape index (κ1) is 99.1. The van der Waals surface area contributed by atoms with Gasteiger partial charge >= 0.3 is 23.9 Å². The normalized spacial score (nSPS) is 12.4. The van der Waals surface area contributed by atoms with E-state index in [4.69, 9.17) is 57.9 Å². The summed E-state index contributed by atoms with van der Waals surface area (Å²) in [5.74, 6) is 1.09. The zero-order chi connectivity index (χ0) is 99.0. The molecule has 4 aromatic heterocycles. The number of nitrogens with one attached hydrogen (secondary N) is 4. The van der Waals surface area contributed by atoms with Crippen molar-refractivity contribution in [2.24, 2.45) is 20.0 Å². The first-order valence-corrected chi connectivity index (χ1v) is 50.1. The second kappa shape index (κ2) is 50.1. The number of unbranched alkanes of at least 4 members (excludes halogenated alkanes) is 4. The standard InChI is InChI=1S/C124H120N8O12/c1-5-9-61-137-105-69-93-65-95-71-106(138-62-10-6-2)73-97(110(95)46-50-122(134)142-102-39-31-86(32-40-102)78-126-58-54-90-82-130-118-26-18-14-22-114(90)118)67-99-75-108(140-64-12-8-4)76-100(112(99)48-52-124(136)144-104-43-35-88(36-44-104)80-128-60-56-92-84-132-120-28-20-16-24-116(92)120)68-98-74-107(139-63-11-7-3)72-96(111(98)47-51-123(135)143-103-41-33-87(34-42-103)79-127-59-55-91-83-131-119-27-19-15-23-115(91)119)66-94(70-105)109(93)45-49-121(133)141-101-37-29-85(30-38-101)77-125-57-53-89-81-129-117-25-17-13-21-113(89)117/h13-52,69-84,129-132H,5-12,53-68H2,1-4H3. The summed E-state index contributed by atoms with van der Waals surface area (Å²) in [4.78, 5) is 92.0. The van der Waals surface area contributed by atoms with E-state index in [1.165, 1.54) is 68.1 Å². The van der Waals surface area contributed by atoms with Crippen LogP contribution in [0.4, 0.5) is 0 Å². The van der Waals surface area contributed by atoms with Crippen LogP contribution in [0.3, 0.4) is 0 Å². The van der Waals surface area contributed by atoms with Crippen LogP contribution in [0.5, 0.6) is 46.0 Å². The second-order valence-corrected chi connectivity index (χ2v) is 36.0. The summed E-state index contributed by atoms with van der Waals surface area (Å²) in [5.41, 5.74) is 21.1. The molecule has 12 aromatic carbocycles. The number of carbonyl (C=O) groups excluding carboxylic acids is 4. The minimum atomic E-state index is -0.634. The Morgan fingerprint density at radius 3 is 0.667 bits per heavy atom. The Balaban J connectivity index is 0.771. The number of aromatic amines is 4. The number of H-pyrrole nitrogens is 4. The van der Waals surface area contributed by atoms with E-state index in [-0.39, 0.29) is 25.7 Å². The molecule has 1 aliphatic carbocycles. The fraction of sp³-hybridized carbons (Fsp3) is 0.226. The predicted molar refractivity (Wildman–Crippen MR) is 581 cm³/mol. The van der Waals surface area contributed by atoms with Crippen LogP contribution in [0.25, 0.3) is 67.9 Å². The Kier molecular flexibility index (Phi) is 34.5. The monoisotopic (exact) mass is 1910 g/mol. The Morgan fingerprint density at radius 1 is 0.264 bits per heavy atom. The highest BCUT2D eigenvalue weighted by atomic mass is 16.5. The maximum absolute atomic E-state index is 14.9. The summed E-state index contributed by atoms with van der Waals surface area (Å²) < 4.78 is 52.3. The van der Waals surface area contributed by atoms with E-state index < -0.39 is 23.9 Å². The number of para-hydroxylation sites is 4. The fourth-order valence-corrected chi connectivity index (χ4v) is 18.0. The number of nitrogens with zero attached hydrogens (tertiary/aromatic N) is 4. The van der Waals surface area contributed by atoms with Crippen molar-refractivity contribution in [3.05, 3.63) is 403 Å². The third kappa shape index (κ3) is 27.2. The SMILES string of the molecule is CCCCOc1cc2c(C=CC(=O)Oc3ccc(C=NCCc4c[nH]c5ccccc45)cc3)c(c1)Cc1cc(OCCCC)cc(c1C=CC(=O)Oc1ccc(C=NCCc3c[nH]c4ccccc34)cc1)Cc1cc(OCCCC)cc(c1C=CC(=O)Oc1ccc(C=NCCc3c[nH]c4ccccc34)cc1)Cc1cc(OCCCC)cc(c1C=CC(=O)Oc1ccc(C=NCCc3c[nH]c4ccccc34)cc1)C2. The summed E-state index contributed by atoms with van der Waals surface area (Å²) >= 11 is 0. The molecule has 0 saturated heterocycles. The van der Waals surface area contributed by atoms with Gasteiger partial charge in [-0.25, -0.2) is 19.2 Å². The smallest absolute Gasteiger partial charge is 0.336 e. The van der Waals surface area contributed by atoms with E-state index >= 15 is 0 Å². The maximum atomic E-state index is 14.9. The Bertz CT molecular complexity index is 6440. The highest BCUT2D eigenvalue weighted by molar-refractivity contribution is 5.95. The van der Waals surface area contributed by atoms with Crippen molar-refractivity contribution in [3.63, 3.8) is 0 Å². The van der Waals surface area contributed by atoms with E-state index in [0.29, 0.717) is 121 Å². The Labute approximate surface area is 840 Å². The number of hydrogen-bond acceptors (Lipinski definition) is 16. The topological polar surface area (TPSA) is 255 Å². The Hall–Kier alpha value is -16.5. The molecule has 20 nitrogen and oxygen atoms in total. The minimum Gasteiger partial charge on any atom is -0.494 e. The first-order chi connectivity index (χ1) is 70.8. The molecular formula is C124H120N8O12. The summed E-state index contributed by atoms with van der Waals surface area (Å²) in [6.07, 6.45) is 38.7. The largest absolute Gasteiger partial charge is 0.494 e. The molecule has 20 heteroatoms. The molecule has 0 unspecified atom stereocenters. The number of fused-ring (bicyclic) bond motifs is 12. The van der Waals surface area contributed by atoms with E-state index in [0.717, 1.165) is 166 Å². The third-order valence-electron chi connectivity index (χ3n) is 25.5. The summed E-state index contributed by atoms with van der Waals surface area (Å²) in [5, 5.41) is 4.72. The maximum Gasteiger partial charge on any atom is 0.336 e. The number of aliphatic imine (C=N–C) groups is 4. The summed E-state index contributed by atoms with van der Waals surface area (Å²) in [6.45, 7) is 12.4. The Morgan fingerprint density at radius 2 is 0.465 bits per heavy atom. The number of benzene rings is 12. The predicted octanol–water partition coefficient (Wildman–Crippen LogP) is 26.1. The lowest BCUT2D eigenvalue weighted by Gasteiger charge is -2.23. The van der Waals surface area contributed by atoms with Crippen molar-refractivity contribution >= 4 is 117 Å². The third-order valence-corrected chi connectivity index (χ3v) is 25.5. The average molecular weight is 1910 g/mol. The molecule has 144 heavy (non-hydrogen) atoms. The lowest BCUT2D eigenvalue weighted by atomic mass is 9.84. The van der Waals surface area contributed by atoms with Crippen molar-refractivity contribution in [3.8, 4) is 46.0 Å². The van der Waals surface area contributed by atoms with Crippen LogP contribution in [0.2, 0.25) is 0 Å². The average Bonchev–Trinajstić information content (AvgIpc) is 1.63. The molecule has 4 N–H and O–H groups in total. The highest BCUT2D eigenvalue weighted by Crippen LogP contribution is 2.40. The van der Waals surface area contributed by atoms with Gasteiger partial charge in [-0.15, -0.1) is 0 Å². The van der Waals surface area contributed by atoms with Crippen molar-refractivity contribution in [2.75, 3.05) is 52.6 Å². The quantitative estimate of drug-likeness (QED) is 0.00914. The van der Waals surface area contributed by atoms with Crippen LogP contribution in [0.15, 0.2) is 312 Å². The number of aromatic nitrogens is 4. The van der Waals surface area contributed by atoms with E-state index in [1.54, 1.807) is 48.5 Å². The molecule has 4 heterocycles. The van der Waals surface area contributed by atoms with Gasteiger partial charge in [0.25, 0.3) is 0 Å². The number of rotatable bonds is 44. The van der Waals surface area contributed by atoms with Gasteiger partial charge in [-0.2, -0.15) is 0 Å². The molecule has 0 amide bonds. The van der Waals surface area contributed by atoms with Gasteiger partial charge in [-0.05, 0) is 382 Å². The molecule has 0 fully saturated rings. The molecule has 8 bridgehead atoms. The molecule has 1 aliphatic rings. The van der Waals surface area contributed by atoms with Gasteiger partial charge < -0.3 is 57.8 Å². The van der Waals surface area contributed by atoms with Crippen LogP contribution in [-0.4, -0.2) is 121 Å². The van der Waals surface area contributed by atoms with Crippen molar-refractivity contribution in [1.29, 1.82) is 0 Å². The van der Waals surface area contributed by atoms with Gasteiger partial charge in [-0.3, -0.25) is 20.0 Å². The van der Waals surface area contributed by atoms with E-state index in [9.17, 15) is 19.2 Å². The fourth-order valence-electron chi connectivity index (χ4n) is 18.0. The zero-order valence-corrected chi connectivity index (χ0v) is 82.0. The molecule has 17 rings (SSSR count). The van der Waals surface area contributed by atoms with Crippen molar-refractivity contribution in [1.82, 2.24) is 19.9 Å². The molecule has 16 aromatic rings. The minimum absolute atomic E-state index is 0.169. The van der Waals surface area contributed by atoms with Crippen molar-refractivity contribution < 1.29 is 57.1 Å². The number of hydrogen-bond donors (Lipinski definition) is 4. The van der Waals surface area contributed by atoms with E-state index in [1.807, 2.05) is 220 Å². The van der Waals surface area contributed by atoms with Crippen molar-refractivity contribution in [2.45, 2.75) is 130 Å². The molecule has 0 atom stereocenters. The molecule has 0 saturated carbocycles.